The van der Waals surface area contributed by atoms with Crippen molar-refractivity contribution in [1.29, 1.82) is 0 Å². The molecular weight excluding hydrogens is 331 g/mol. The standard InChI is InChI=1S/C20H23FN4O/c21-14-3-1-2-13(10-14)19-23-18-6-8-25(16-7-9-26-12-16)11-17(18)20(24-19)22-15-4-5-15/h1-3,10,15-16H,4-9,11-12H2,(H,22,23,24). The zero-order chi connectivity index (χ0) is 17.5. The SMILES string of the molecule is Fc1cccc(-c2nc3c(c(NC4CC4)n2)CN(C2CCOC2)CC3)c1. The van der Waals surface area contributed by atoms with Crippen molar-refractivity contribution in [1.82, 2.24) is 14.9 Å². The van der Waals surface area contributed by atoms with Crippen molar-refractivity contribution in [3.8, 4) is 11.4 Å². The number of ether oxygens (including phenoxy) is 1. The van der Waals surface area contributed by atoms with Crippen LogP contribution in [-0.2, 0) is 17.7 Å². The molecule has 2 aromatic rings. The van der Waals surface area contributed by atoms with E-state index in [2.05, 4.69) is 10.2 Å². The molecule has 2 fully saturated rings. The summed E-state index contributed by atoms with van der Waals surface area (Å²) < 4.78 is 19.2. The Hall–Kier alpha value is -2.05. The quantitative estimate of drug-likeness (QED) is 0.915. The number of aromatic nitrogens is 2. The van der Waals surface area contributed by atoms with Gasteiger partial charge >= 0.3 is 0 Å². The Labute approximate surface area is 152 Å². The highest BCUT2D eigenvalue weighted by Gasteiger charge is 2.31. The molecule has 0 radical (unpaired) electrons. The molecule has 26 heavy (non-hydrogen) atoms. The lowest BCUT2D eigenvalue weighted by Crippen LogP contribution is -2.40. The molecule has 1 saturated carbocycles. The summed E-state index contributed by atoms with van der Waals surface area (Å²) in [4.78, 5) is 12.1. The third kappa shape index (κ3) is 3.19. The summed E-state index contributed by atoms with van der Waals surface area (Å²) in [6.45, 7) is 3.53. The van der Waals surface area contributed by atoms with Gasteiger partial charge in [-0.1, -0.05) is 12.1 Å². The van der Waals surface area contributed by atoms with Crippen molar-refractivity contribution in [2.75, 3.05) is 25.1 Å². The average Bonchev–Trinajstić information content (AvgIpc) is 3.30. The Bertz CT molecular complexity index is 817. The number of anilines is 1. The summed E-state index contributed by atoms with van der Waals surface area (Å²) in [5.74, 6) is 1.29. The van der Waals surface area contributed by atoms with Crippen molar-refractivity contribution in [3.63, 3.8) is 0 Å². The largest absolute Gasteiger partial charge is 0.380 e. The van der Waals surface area contributed by atoms with E-state index >= 15 is 0 Å². The summed E-state index contributed by atoms with van der Waals surface area (Å²) in [6.07, 6.45) is 4.38. The van der Waals surface area contributed by atoms with Crippen LogP contribution in [-0.4, -0.2) is 46.7 Å². The minimum Gasteiger partial charge on any atom is -0.380 e. The molecule has 3 heterocycles. The number of nitrogens with zero attached hydrogens (tertiary/aromatic N) is 3. The highest BCUT2D eigenvalue weighted by atomic mass is 19.1. The van der Waals surface area contributed by atoms with Crippen LogP contribution < -0.4 is 5.32 Å². The summed E-state index contributed by atoms with van der Waals surface area (Å²) in [5, 5.41) is 3.58. The molecule has 1 atom stereocenters. The maximum atomic E-state index is 13.6. The Morgan fingerprint density at radius 3 is 2.88 bits per heavy atom. The van der Waals surface area contributed by atoms with E-state index < -0.39 is 0 Å². The molecule has 6 heteroatoms. The Kier molecular flexibility index (Phi) is 4.10. The molecule has 1 saturated heterocycles. The van der Waals surface area contributed by atoms with E-state index in [1.54, 1.807) is 6.07 Å². The summed E-state index contributed by atoms with van der Waals surface area (Å²) >= 11 is 0. The molecule has 3 aliphatic rings. The van der Waals surface area contributed by atoms with Crippen LogP contribution in [0.4, 0.5) is 10.2 Å². The zero-order valence-corrected chi connectivity index (χ0v) is 14.7. The molecule has 1 unspecified atom stereocenters. The van der Waals surface area contributed by atoms with Gasteiger partial charge in [-0.3, -0.25) is 4.90 Å². The summed E-state index contributed by atoms with van der Waals surface area (Å²) in [6, 6.07) is 7.56. The summed E-state index contributed by atoms with van der Waals surface area (Å²) in [7, 11) is 0. The first-order valence-electron chi connectivity index (χ1n) is 9.50. The molecule has 0 bridgehead atoms. The van der Waals surface area contributed by atoms with Gasteiger partial charge < -0.3 is 10.1 Å². The topological polar surface area (TPSA) is 50.3 Å². The number of halogens is 1. The number of hydrogen-bond acceptors (Lipinski definition) is 5. The lowest BCUT2D eigenvalue weighted by atomic mass is 10.0. The van der Waals surface area contributed by atoms with Crippen LogP contribution in [0.2, 0.25) is 0 Å². The average molecular weight is 354 g/mol. The fourth-order valence-electron chi connectivity index (χ4n) is 3.85. The number of nitrogens with one attached hydrogen (secondary N) is 1. The van der Waals surface area contributed by atoms with E-state index in [-0.39, 0.29) is 5.82 Å². The second-order valence-corrected chi connectivity index (χ2v) is 7.49. The number of fused-ring (bicyclic) bond motifs is 1. The van der Waals surface area contributed by atoms with Crippen LogP contribution in [0.1, 0.15) is 30.5 Å². The van der Waals surface area contributed by atoms with Crippen molar-refractivity contribution in [2.24, 2.45) is 0 Å². The van der Waals surface area contributed by atoms with Gasteiger partial charge in [0.1, 0.15) is 11.6 Å². The van der Waals surface area contributed by atoms with E-state index in [9.17, 15) is 4.39 Å². The van der Waals surface area contributed by atoms with E-state index in [4.69, 9.17) is 14.7 Å². The van der Waals surface area contributed by atoms with Crippen molar-refractivity contribution < 1.29 is 9.13 Å². The van der Waals surface area contributed by atoms with Gasteiger partial charge in [-0.15, -0.1) is 0 Å². The lowest BCUT2D eigenvalue weighted by molar-refractivity contribution is 0.134. The zero-order valence-electron chi connectivity index (χ0n) is 14.7. The molecule has 136 valence electrons. The molecule has 5 rings (SSSR count). The van der Waals surface area contributed by atoms with Gasteiger partial charge in [0.2, 0.25) is 0 Å². The first-order valence-corrected chi connectivity index (χ1v) is 9.50. The second-order valence-electron chi connectivity index (χ2n) is 7.49. The van der Waals surface area contributed by atoms with Crippen LogP contribution in [0.5, 0.6) is 0 Å². The molecule has 1 aromatic heterocycles. The molecule has 1 N–H and O–H groups in total. The number of hydrogen-bond donors (Lipinski definition) is 1. The van der Waals surface area contributed by atoms with Gasteiger partial charge in [0, 0.05) is 49.3 Å². The molecule has 0 spiro atoms. The Balaban J connectivity index is 1.51. The number of rotatable bonds is 4. The normalized spacial score (nSPS) is 23.0. The van der Waals surface area contributed by atoms with Gasteiger partial charge in [-0.05, 0) is 31.4 Å². The smallest absolute Gasteiger partial charge is 0.161 e. The second kappa shape index (κ2) is 6.59. The molecule has 1 aliphatic carbocycles. The van der Waals surface area contributed by atoms with E-state index in [0.29, 0.717) is 17.9 Å². The van der Waals surface area contributed by atoms with Crippen LogP contribution in [0.25, 0.3) is 11.4 Å². The highest BCUT2D eigenvalue weighted by molar-refractivity contribution is 5.60. The monoisotopic (exact) mass is 354 g/mol. The molecule has 0 amide bonds. The summed E-state index contributed by atoms with van der Waals surface area (Å²) in [5.41, 5.74) is 3.03. The molecule has 2 aliphatic heterocycles. The van der Waals surface area contributed by atoms with Crippen molar-refractivity contribution in [2.45, 2.75) is 44.3 Å². The molecule has 5 nitrogen and oxygen atoms in total. The number of benzene rings is 1. The minimum atomic E-state index is -0.257. The fraction of sp³-hybridized carbons (Fsp3) is 0.500. The lowest BCUT2D eigenvalue weighted by Gasteiger charge is -2.33. The van der Waals surface area contributed by atoms with E-state index in [1.165, 1.54) is 30.5 Å². The Morgan fingerprint density at radius 2 is 2.12 bits per heavy atom. The predicted molar refractivity (Wildman–Crippen MR) is 97.4 cm³/mol. The maximum absolute atomic E-state index is 13.6. The van der Waals surface area contributed by atoms with Crippen LogP contribution in [0.15, 0.2) is 24.3 Å². The first kappa shape index (κ1) is 16.1. The molecule has 1 aromatic carbocycles. The van der Waals surface area contributed by atoms with Crippen LogP contribution >= 0.6 is 0 Å². The van der Waals surface area contributed by atoms with Gasteiger partial charge in [-0.25, -0.2) is 14.4 Å². The van der Waals surface area contributed by atoms with Crippen LogP contribution in [0, 0.1) is 5.82 Å². The molecular formula is C20H23FN4O. The fourth-order valence-corrected chi connectivity index (χ4v) is 3.85. The van der Waals surface area contributed by atoms with Crippen molar-refractivity contribution in [3.05, 3.63) is 41.3 Å². The third-order valence-electron chi connectivity index (χ3n) is 5.51. The van der Waals surface area contributed by atoms with Crippen LogP contribution in [0.3, 0.4) is 0 Å². The van der Waals surface area contributed by atoms with Gasteiger partial charge in [-0.2, -0.15) is 0 Å². The third-order valence-corrected chi connectivity index (χ3v) is 5.51. The van der Waals surface area contributed by atoms with Gasteiger partial charge in [0.15, 0.2) is 5.82 Å². The van der Waals surface area contributed by atoms with E-state index in [0.717, 1.165) is 56.2 Å². The van der Waals surface area contributed by atoms with E-state index in [1.807, 2.05) is 6.07 Å². The Morgan fingerprint density at radius 1 is 1.19 bits per heavy atom. The van der Waals surface area contributed by atoms with Crippen molar-refractivity contribution >= 4 is 5.82 Å². The maximum Gasteiger partial charge on any atom is 0.161 e. The highest BCUT2D eigenvalue weighted by Crippen LogP contribution is 2.32. The predicted octanol–water partition coefficient (Wildman–Crippen LogP) is 3.00. The minimum absolute atomic E-state index is 0.257. The first-order chi connectivity index (χ1) is 12.8. The van der Waals surface area contributed by atoms with Gasteiger partial charge in [0.25, 0.3) is 0 Å². The van der Waals surface area contributed by atoms with Gasteiger partial charge in [0.05, 0.1) is 12.3 Å².